The minimum absolute atomic E-state index is 0.761. The van der Waals surface area contributed by atoms with Crippen molar-refractivity contribution in [3.63, 3.8) is 0 Å². The average Bonchev–Trinajstić information content (AvgIpc) is 2.85. The quantitative estimate of drug-likeness (QED) is 0.907. The van der Waals surface area contributed by atoms with Crippen LogP contribution in [-0.2, 0) is 13.1 Å². The molecule has 0 bridgehead atoms. The Morgan fingerprint density at radius 1 is 1.21 bits per heavy atom. The van der Waals surface area contributed by atoms with E-state index in [2.05, 4.69) is 48.6 Å². The summed E-state index contributed by atoms with van der Waals surface area (Å²) in [5.74, 6) is 0. The molecule has 1 aromatic carbocycles. The summed E-state index contributed by atoms with van der Waals surface area (Å²) in [6, 6.07) is 14.4. The van der Waals surface area contributed by atoms with Crippen LogP contribution in [-0.4, -0.2) is 19.0 Å². The molecule has 4 heteroatoms. The van der Waals surface area contributed by atoms with E-state index in [0.717, 1.165) is 23.7 Å². The summed E-state index contributed by atoms with van der Waals surface area (Å²) in [5, 5.41) is 12.3. The zero-order valence-electron chi connectivity index (χ0n) is 11.2. The molecule has 2 rings (SSSR count). The Labute approximate surface area is 118 Å². The first-order chi connectivity index (χ1) is 9.19. The lowest BCUT2D eigenvalue weighted by atomic mass is 10.1. The molecule has 0 aliphatic heterocycles. The Morgan fingerprint density at radius 2 is 2.00 bits per heavy atom. The van der Waals surface area contributed by atoms with Crippen LogP contribution in [0.25, 0.3) is 0 Å². The standard InChI is InChI=1S/C15H17N3S/c1-18(2)11-12-5-3-4-6-15(12)17-10-14-8-7-13(9-16)19-14/h3-8,17H,10-11H2,1-2H3. The predicted molar refractivity (Wildman–Crippen MR) is 80.2 cm³/mol. The third-order valence-corrected chi connectivity index (χ3v) is 3.72. The maximum Gasteiger partial charge on any atom is 0.110 e. The lowest BCUT2D eigenvalue weighted by Crippen LogP contribution is -2.12. The Kier molecular flexibility index (Phi) is 4.56. The van der Waals surface area contributed by atoms with E-state index in [4.69, 9.17) is 5.26 Å². The highest BCUT2D eigenvalue weighted by molar-refractivity contribution is 7.12. The van der Waals surface area contributed by atoms with Gasteiger partial charge >= 0.3 is 0 Å². The lowest BCUT2D eigenvalue weighted by molar-refractivity contribution is 0.403. The Morgan fingerprint density at radius 3 is 2.68 bits per heavy atom. The second kappa shape index (κ2) is 6.37. The molecular weight excluding hydrogens is 254 g/mol. The van der Waals surface area contributed by atoms with E-state index in [9.17, 15) is 0 Å². The minimum atomic E-state index is 0.761. The lowest BCUT2D eigenvalue weighted by Gasteiger charge is -2.15. The molecule has 0 fully saturated rings. The summed E-state index contributed by atoms with van der Waals surface area (Å²) in [7, 11) is 4.13. The van der Waals surface area contributed by atoms with Crippen LogP contribution >= 0.6 is 11.3 Å². The number of nitrogens with zero attached hydrogens (tertiary/aromatic N) is 2. The van der Waals surface area contributed by atoms with Crippen LogP contribution in [0.2, 0.25) is 0 Å². The van der Waals surface area contributed by atoms with Crippen molar-refractivity contribution in [2.75, 3.05) is 19.4 Å². The highest BCUT2D eigenvalue weighted by Crippen LogP contribution is 2.20. The van der Waals surface area contributed by atoms with Gasteiger partial charge in [-0.25, -0.2) is 0 Å². The normalized spacial score (nSPS) is 10.4. The Balaban J connectivity index is 2.05. The van der Waals surface area contributed by atoms with Crippen molar-refractivity contribution in [3.05, 3.63) is 51.7 Å². The number of rotatable bonds is 5. The van der Waals surface area contributed by atoms with Gasteiger partial charge in [0.2, 0.25) is 0 Å². The van der Waals surface area contributed by atoms with Gasteiger partial charge in [-0.15, -0.1) is 11.3 Å². The van der Waals surface area contributed by atoms with Crippen molar-refractivity contribution in [3.8, 4) is 6.07 Å². The number of nitriles is 1. The molecule has 0 amide bonds. The van der Waals surface area contributed by atoms with Gasteiger partial charge in [-0.2, -0.15) is 5.26 Å². The van der Waals surface area contributed by atoms with E-state index in [1.54, 1.807) is 0 Å². The number of benzene rings is 1. The van der Waals surface area contributed by atoms with E-state index in [0.29, 0.717) is 0 Å². The van der Waals surface area contributed by atoms with Crippen molar-refractivity contribution in [1.29, 1.82) is 5.26 Å². The second-order valence-electron chi connectivity index (χ2n) is 4.63. The van der Waals surface area contributed by atoms with E-state index in [-0.39, 0.29) is 0 Å². The number of anilines is 1. The zero-order chi connectivity index (χ0) is 13.7. The van der Waals surface area contributed by atoms with Gasteiger partial charge < -0.3 is 10.2 Å². The number of nitrogens with one attached hydrogen (secondary N) is 1. The van der Waals surface area contributed by atoms with Crippen LogP contribution in [0.15, 0.2) is 36.4 Å². The molecule has 1 heterocycles. The van der Waals surface area contributed by atoms with Crippen LogP contribution in [0, 0.1) is 11.3 Å². The Hall–Kier alpha value is -1.83. The SMILES string of the molecule is CN(C)Cc1ccccc1NCc1ccc(C#N)s1. The molecule has 19 heavy (non-hydrogen) atoms. The number of thiophene rings is 1. The van der Waals surface area contributed by atoms with Gasteiger partial charge in [0.25, 0.3) is 0 Å². The minimum Gasteiger partial charge on any atom is -0.380 e. The predicted octanol–water partition coefficient (Wildman–Crippen LogP) is 3.29. The van der Waals surface area contributed by atoms with Crippen LogP contribution in [0.1, 0.15) is 15.3 Å². The zero-order valence-corrected chi connectivity index (χ0v) is 12.0. The number of hydrogen-bond acceptors (Lipinski definition) is 4. The highest BCUT2D eigenvalue weighted by Gasteiger charge is 2.04. The molecule has 1 aromatic heterocycles. The molecule has 0 radical (unpaired) electrons. The van der Waals surface area contributed by atoms with Crippen molar-refractivity contribution in [1.82, 2.24) is 4.90 Å². The third-order valence-electron chi connectivity index (χ3n) is 2.73. The molecule has 0 saturated heterocycles. The smallest absolute Gasteiger partial charge is 0.110 e. The van der Waals surface area contributed by atoms with Crippen LogP contribution in [0.3, 0.4) is 0 Å². The van der Waals surface area contributed by atoms with Crippen LogP contribution in [0.4, 0.5) is 5.69 Å². The first-order valence-corrected chi connectivity index (χ1v) is 6.96. The fraction of sp³-hybridized carbons (Fsp3) is 0.267. The molecule has 0 atom stereocenters. The maximum atomic E-state index is 8.81. The highest BCUT2D eigenvalue weighted by atomic mass is 32.1. The summed E-state index contributed by atoms with van der Waals surface area (Å²) in [6.45, 7) is 1.67. The fourth-order valence-corrected chi connectivity index (χ4v) is 2.63. The molecule has 2 aromatic rings. The summed E-state index contributed by atoms with van der Waals surface area (Å²) in [6.07, 6.45) is 0. The summed E-state index contributed by atoms with van der Waals surface area (Å²) < 4.78 is 0. The van der Waals surface area contributed by atoms with E-state index < -0.39 is 0 Å². The average molecular weight is 271 g/mol. The molecule has 0 unspecified atom stereocenters. The largest absolute Gasteiger partial charge is 0.380 e. The maximum absolute atomic E-state index is 8.81. The van der Waals surface area contributed by atoms with Gasteiger partial charge in [0, 0.05) is 23.7 Å². The second-order valence-corrected chi connectivity index (χ2v) is 5.79. The fourth-order valence-electron chi connectivity index (χ4n) is 1.89. The van der Waals surface area contributed by atoms with Gasteiger partial charge in [0.05, 0.1) is 0 Å². The molecule has 1 N–H and O–H groups in total. The van der Waals surface area contributed by atoms with E-state index in [1.165, 1.54) is 21.8 Å². The molecule has 0 aliphatic carbocycles. The summed E-state index contributed by atoms with van der Waals surface area (Å²) >= 11 is 1.54. The van der Waals surface area contributed by atoms with Gasteiger partial charge in [-0.05, 0) is 37.9 Å². The molecule has 0 aliphatic rings. The Bertz CT molecular complexity index is 581. The monoisotopic (exact) mass is 271 g/mol. The van der Waals surface area contributed by atoms with Crippen molar-refractivity contribution >= 4 is 17.0 Å². The molecular formula is C15H17N3S. The summed E-state index contributed by atoms with van der Waals surface area (Å²) in [5.41, 5.74) is 2.44. The number of hydrogen-bond donors (Lipinski definition) is 1. The van der Waals surface area contributed by atoms with Gasteiger partial charge in [0.1, 0.15) is 10.9 Å². The van der Waals surface area contributed by atoms with Gasteiger partial charge in [-0.1, -0.05) is 18.2 Å². The summed E-state index contributed by atoms with van der Waals surface area (Å²) in [4.78, 5) is 4.09. The third kappa shape index (κ3) is 3.82. The number of para-hydroxylation sites is 1. The molecule has 0 spiro atoms. The van der Waals surface area contributed by atoms with Crippen molar-refractivity contribution in [2.24, 2.45) is 0 Å². The molecule has 3 nitrogen and oxygen atoms in total. The molecule has 98 valence electrons. The van der Waals surface area contributed by atoms with Crippen LogP contribution < -0.4 is 5.32 Å². The van der Waals surface area contributed by atoms with E-state index >= 15 is 0 Å². The molecule has 0 saturated carbocycles. The topological polar surface area (TPSA) is 39.1 Å². The van der Waals surface area contributed by atoms with Gasteiger partial charge in [0.15, 0.2) is 0 Å². The first kappa shape index (κ1) is 13.6. The van der Waals surface area contributed by atoms with Gasteiger partial charge in [-0.3, -0.25) is 0 Å². The first-order valence-electron chi connectivity index (χ1n) is 6.14. The van der Waals surface area contributed by atoms with Crippen LogP contribution in [0.5, 0.6) is 0 Å². The van der Waals surface area contributed by atoms with Crippen molar-refractivity contribution in [2.45, 2.75) is 13.1 Å². The van der Waals surface area contributed by atoms with E-state index in [1.807, 2.05) is 18.2 Å². The van der Waals surface area contributed by atoms with Crippen molar-refractivity contribution < 1.29 is 0 Å².